The van der Waals surface area contributed by atoms with E-state index in [0.29, 0.717) is 6.61 Å². The fourth-order valence-corrected chi connectivity index (χ4v) is 3.33. The first-order chi connectivity index (χ1) is 13.9. The van der Waals surface area contributed by atoms with Crippen LogP contribution in [-0.4, -0.2) is 28.9 Å². The van der Waals surface area contributed by atoms with Crippen molar-refractivity contribution < 1.29 is 9.47 Å². The highest BCUT2D eigenvalue weighted by Crippen LogP contribution is 2.12. The first kappa shape index (κ1) is 22.5. The molecule has 0 amide bonds. The Balaban J connectivity index is 1.57. The summed E-state index contributed by atoms with van der Waals surface area (Å²) in [6.07, 6.45) is 19.0. The molecule has 2 aromatic rings. The largest absolute Gasteiger partial charge is 0.491 e. The van der Waals surface area contributed by atoms with Crippen LogP contribution < -0.4 is 4.74 Å². The summed E-state index contributed by atoms with van der Waals surface area (Å²) >= 11 is 0. The third-order valence-electron chi connectivity index (χ3n) is 5.00. The summed E-state index contributed by atoms with van der Waals surface area (Å²) in [5.74, 6) is 0.890. The summed E-state index contributed by atoms with van der Waals surface area (Å²) in [4.78, 5) is 4.12. The zero-order chi connectivity index (χ0) is 19.7. The van der Waals surface area contributed by atoms with E-state index < -0.39 is 0 Å². The minimum Gasteiger partial charge on any atom is -0.491 e. The van der Waals surface area contributed by atoms with Gasteiger partial charge >= 0.3 is 0 Å². The number of rotatable bonds is 17. The minimum absolute atomic E-state index is 0.0352. The molecule has 0 spiro atoms. The highest BCUT2D eigenvalue weighted by atomic mass is 16.5. The van der Waals surface area contributed by atoms with Crippen molar-refractivity contribution in [2.45, 2.75) is 83.8 Å². The van der Waals surface area contributed by atoms with Gasteiger partial charge in [0.2, 0.25) is 0 Å². The van der Waals surface area contributed by atoms with Crippen molar-refractivity contribution in [1.29, 1.82) is 0 Å². The van der Waals surface area contributed by atoms with Gasteiger partial charge in [-0.05, 0) is 18.6 Å². The van der Waals surface area contributed by atoms with Gasteiger partial charge in [-0.25, -0.2) is 4.98 Å². The number of unbranched alkanes of at least 4 members (excludes halogenated alkanes) is 9. The van der Waals surface area contributed by atoms with E-state index >= 15 is 0 Å². The normalized spacial score (nSPS) is 12.2. The molecule has 1 heterocycles. The molecular weight excluding hydrogens is 348 g/mol. The van der Waals surface area contributed by atoms with Gasteiger partial charge in [0, 0.05) is 19.0 Å². The van der Waals surface area contributed by atoms with Crippen molar-refractivity contribution in [3.05, 3.63) is 49.1 Å². The van der Waals surface area contributed by atoms with Crippen LogP contribution in [0.3, 0.4) is 0 Å². The van der Waals surface area contributed by atoms with Gasteiger partial charge in [-0.1, -0.05) is 82.9 Å². The molecule has 0 N–H and O–H groups in total. The summed E-state index contributed by atoms with van der Waals surface area (Å²) in [6.45, 7) is 4.40. The number of aromatic nitrogens is 2. The van der Waals surface area contributed by atoms with Gasteiger partial charge in [-0.15, -0.1) is 0 Å². The van der Waals surface area contributed by atoms with Gasteiger partial charge in [-0.2, -0.15) is 0 Å². The topological polar surface area (TPSA) is 36.3 Å². The number of nitrogens with zero attached hydrogens (tertiary/aromatic N) is 2. The Bertz CT molecular complexity index is 572. The summed E-state index contributed by atoms with van der Waals surface area (Å²) in [6, 6.07) is 9.94. The first-order valence-corrected chi connectivity index (χ1v) is 11.1. The molecule has 0 saturated carbocycles. The molecule has 1 aromatic carbocycles. The predicted octanol–water partition coefficient (Wildman–Crippen LogP) is 6.27. The van der Waals surface area contributed by atoms with E-state index in [1.54, 1.807) is 6.20 Å². The summed E-state index contributed by atoms with van der Waals surface area (Å²) in [5.41, 5.74) is 0. The SMILES string of the molecule is CCCCCCCCCCCCOC(COc1ccccc1)Cn1ccnc1. The fourth-order valence-electron chi connectivity index (χ4n) is 3.33. The van der Waals surface area contributed by atoms with Gasteiger partial charge in [0.15, 0.2) is 0 Å². The van der Waals surface area contributed by atoms with Crippen molar-refractivity contribution >= 4 is 0 Å². The number of para-hydroxylation sites is 1. The van der Waals surface area contributed by atoms with Crippen LogP contribution in [0.2, 0.25) is 0 Å². The minimum atomic E-state index is 0.0352. The Morgan fingerprint density at radius 3 is 2.21 bits per heavy atom. The van der Waals surface area contributed by atoms with E-state index in [1.807, 2.05) is 42.9 Å². The molecule has 0 aliphatic heterocycles. The Labute approximate surface area is 171 Å². The summed E-state index contributed by atoms with van der Waals surface area (Å²) < 4.78 is 14.1. The second kappa shape index (κ2) is 15.2. The van der Waals surface area contributed by atoms with E-state index in [9.17, 15) is 0 Å². The number of benzene rings is 1. The molecule has 1 aromatic heterocycles. The van der Waals surface area contributed by atoms with Crippen molar-refractivity contribution in [2.75, 3.05) is 13.2 Å². The van der Waals surface area contributed by atoms with Gasteiger partial charge in [-0.3, -0.25) is 0 Å². The van der Waals surface area contributed by atoms with E-state index in [0.717, 1.165) is 25.3 Å². The fraction of sp³-hybridized carbons (Fsp3) is 0.625. The molecule has 2 rings (SSSR count). The van der Waals surface area contributed by atoms with Gasteiger partial charge in [0.05, 0.1) is 12.9 Å². The van der Waals surface area contributed by atoms with Crippen LogP contribution in [0.1, 0.15) is 71.1 Å². The van der Waals surface area contributed by atoms with Crippen LogP contribution in [0.15, 0.2) is 49.1 Å². The van der Waals surface area contributed by atoms with Crippen LogP contribution in [0.25, 0.3) is 0 Å². The lowest BCUT2D eigenvalue weighted by Gasteiger charge is -2.19. The van der Waals surface area contributed by atoms with Crippen molar-refractivity contribution in [3.8, 4) is 5.75 Å². The lowest BCUT2D eigenvalue weighted by atomic mass is 10.1. The van der Waals surface area contributed by atoms with Crippen LogP contribution >= 0.6 is 0 Å². The maximum absolute atomic E-state index is 6.14. The average molecular weight is 387 g/mol. The first-order valence-electron chi connectivity index (χ1n) is 11.1. The number of ether oxygens (including phenoxy) is 2. The molecule has 1 unspecified atom stereocenters. The molecule has 0 aliphatic rings. The highest BCUT2D eigenvalue weighted by Gasteiger charge is 2.11. The van der Waals surface area contributed by atoms with Gasteiger partial charge in [0.25, 0.3) is 0 Å². The second-order valence-electron chi connectivity index (χ2n) is 7.56. The molecular formula is C24H38N2O2. The molecule has 0 bridgehead atoms. The van der Waals surface area contributed by atoms with Crippen LogP contribution in [0.4, 0.5) is 0 Å². The van der Waals surface area contributed by atoms with Crippen molar-refractivity contribution in [3.63, 3.8) is 0 Å². The van der Waals surface area contributed by atoms with E-state index in [-0.39, 0.29) is 6.10 Å². The molecule has 4 heteroatoms. The smallest absolute Gasteiger partial charge is 0.119 e. The summed E-state index contributed by atoms with van der Waals surface area (Å²) in [7, 11) is 0. The Morgan fingerprint density at radius 1 is 0.893 bits per heavy atom. The van der Waals surface area contributed by atoms with E-state index in [4.69, 9.17) is 9.47 Å². The zero-order valence-electron chi connectivity index (χ0n) is 17.6. The maximum Gasteiger partial charge on any atom is 0.119 e. The molecule has 0 aliphatic carbocycles. The molecule has 156 valence electrons. The van der Waals surface area contributed by atoms with E-state index in [2.05, 4.69) is 16.5 Å². The van der Waals surface area contributed by atoms with Crippen LogP contribution in [0.5, 0.6) is 5.75 Å². The zero-order valence-corrected chi connectivity index (χ0v) is 17.6. The Morgan fingerprint density at radius 2 is 1.57 bits per heavy atom. The van der Waals surface area contributed by atoms with Crippen LogP contribution in [0, 0.1) is 0 Å². The molecule has 0 saturated heterocycles. The quantitative estimate of drug-likeness (QED) is 0.301. The molecule has 0 radical (unpaired) electrons. The maximum atomic E-state index is 6.14. The van der Waals surface area contributed by atoms with Gasteiger partial charge in [0.1, 0.15) is 18.5 Å². The number of hydrogen-bond acceptors (Lipinski definition) is 3. The van der Waals surface area contributed by atoms with Crippen molar-refractivity contribution in [1.82, 2.24) is 9.55 Å². The lowest BCUT2D eigenvalue weighted by molar-refractivity contribution is 0.00807. The highest BCUT2D eigenvalue weighted by molar-refractivity contribution is 5.20. The standard InChI is InChI=1S/C24H38N2O2/c1-2-3-4-5-6-7-8-9-10-14-19-27-24(20-26-18-17-25-22-26)21-28-23-15-12-11-13-16-23/h11-13,15-18,22,24H,2-10,14,19-21H2,1H3. The monoisotopic (exact) mass is 386 g/mol. The Hall–Kier alpha value is -1.81. The third kappa shape index (κ3) is 10.5. The molecule has 0 fully saturated rings. The second-order valence-corrected chi connectivity index (χ2v) is 7.56. The van der Waals surface area contributed by atoms with Crippen molar-refractivity contribution in [2.24, 2.45) is 0 Å². The molecule has 4 nitrogen and oxygen atoms in total. The third-order valence-corrected chi connectivity index (χ3v) is 5.00. The molecule has 1 atom stereocenters. The average Bonchev–Trinajstić information content (AvgIpc) is 3.24. The van der Waals surface area contributed by atoms with E-state index in [1.165, 1.54) is 57.8 Å². The molecule has 28 heavy (non-hydrogen) atoms. The summed E-state index contributed by atoms with van der Waals surface area (Å²) in [5, 5.41) is 0. The number of imidazole rings is 1. The Kier molecular flexibility index (Phi) is 12.2. The lowest BCUT2D eigenvalue weighted by Crippen LogP contribution is -2.27. The van der Waals surface area contributed by atoms with Gasteiger partial charge < -0.3 is 14.0 Å². The van der Waals surface area contributed by atoms with Crippen LogP contribution in [-0.2, 0) is 11.3 Å². The number of hydrogen-bond donors (Lipinski definition) is 0. The predicted molar refractivity (Wildman–Crippen MR) is 116 cm³/mol.